The van der Waals surface area contributed by atoms with Crippen LogP contribution in [-0.2, 0) is 14.3 Å². The molecule has 6 heteroatoms. The molecule has 0 N–H and O–H groups in total. The molecule has 0 aromatic heterocycles. The summed E-state index contributed by atoms with van der Waals surface area (Å²) in [6.07, 6.45) is -1.42. The minimum absolute atomic E-state index is 0.304. The average molecular weight is 248 g/mol. The molecule has 0 unspecified atom stereocenters. The molecule has 1 saturated heterocycles. The lowest BCUT2D eigenvalue weighted by Crippen LogP contribution is -2.46. The van der Waals surface area contributed by atoms with Gasteiger partial charge in [-0.05, 0) is 13.8 Å². The van der Waals surface area contributed by atoms with Crippen LogP contribution in [0.25, 0.3) is 0 Å². The van der Waals surface area contributed by atoms with E-state index in [0.717, 1.165) is 0 Å². The number of carbonyl (C=O) groups is 1. The van der Waals surface area contributed by atoms with Gasteiger partial charge in [-0.25, -0.2) is 0 Å². The number of hydrogen-bond donors (Lipinski definition) is 0. The summed E-state index contributed by atoms with van der Waals surface area (Å²) < 4.78 is 8.24. The fraction of sp³-hybridized carbons (Fsp3) is 0.857. The summed E-state index contributed by atoms with van der Waals surface area (Å²) in [4.78, 5) is 11.2. The summed E-state index contributed by atoms with van der Waals surface area (Å²) in [5.41, 5.74) is 0. The largest absolute Gasteiger partial charge is 0.431 e. The molecular formula is C7H9Cl3O3. The third-order valence-electron chi connectivity index (χ3n) is 1.90. The van der Waals surface area contributed by atoms with Crippen molar-refractivity contribution in [2.24, 2.45) is 5.92 Å². The van der Waals surface area contributed by atoms with Crippen LogP contribution in [0.2, 0.25) is 0 Å². The van der Waals surface area contributed by atoms with Gasteiger partial charge in [-0.3, -0.25) is 4.79 Å². The van der Waals surface area contributed by atoms with Crippen molar-refractivity contribution in [3.63, 3.8) is 0 Å². The Morgan fingerprint density at radius 3 is 2.23 bits per heavy atom. The van der Waals surface area contributed by atoms with Crippen LogP contribution in [0.15, 0.2) is 0 Å². The van der Waals surface area contributed by atoms with E-state index in [0.29, 0.717) is 0 Å². The lowest BCUT2D eigenvalue weighted by Gasteiger charge is -2.34. The number of esters is 1. The Kier molecular flexibility index (Phi) is 3.33. The Morgan fingerprint density at radius 1 is 1.31 bits per heavy atom. The first-order valence-electron chi connectivity index (χ1n) is 3.75. The van der Waals surface area contributed by atoms with E-state index in [1.165, 1.54) is 0 Å². The molecule has 0 bridgehead atoms. The van der Waals surface area contributed by atoms with Crippen molar-refractivity contribution in [2.75, 3.05) is 0 Å². The fourth-order valence-corrected chi connectivity index (χ4v) is 1.18. The topological polar surface area (TPSA) is 35.5 Å². The van der Waals surface area contributed by atoms with Crippen LogP contribution in [0.3, 0.4) is 0 Å². The summed E-state index contributed by atoms with van der Waals surface area (Å²) in [5.74, 6) is -0.737. The minimum Gasteiger partial charge on any atom is -0.431 e. The molecule has 1 fully saturated rings. The fourth-order valence-electron chi connectivity index (χ4n) is 0.889. The van der Waals surface area contributed by atoms with Gasteiger partial charge < -0.3 is 9.47 Å². The number of rotatable bonds is 0. The maximum absolute atomic E-state index is 11.2. The van der Waals surface area contributed by atoms with E-state index in [-0.39, 0.29) is 12.0 Å². The van der Waals surface area contributed by atoms with E-state index in [1.807, 2.05) is 0 Å². The zero-order valence-corrected chi connectivity index (χ0v) is 9.36. The smallest absolute Gasteiger partial charge is 0.313 e. The van der Waals surface area contributed by atoms with Crippen LogP contribution < -0.4 is 0 Å². The molecule has 0 amide bonds. The lowest BCUT2D eigenvalue weighted by atomic mass is 10.1. The number of cyclic esters (lactones) is 1. The van der Waals surface area contributed by atoms with Crippen molar-refractivity contribution in [1.29, 1.82) is 0 Å². The van der Waals surface area contributed by atoms with Crippen molar-refractivity contribution in [1.82, 2.24) is 0 Å². The summed E-state index contributed by atoms with van der Waals surface area (Å²) in [6, 6.07) is 0. The first kappa shape index (κ1) is 11.4. The second-order valence-corrected chi connectivity index (χ2v) is 5.31. The van der Waals surface area contributed by atoms with E-state index >= 15 is 0 Å². The second kappa shape index (κ2) is 3.81. The second-order valence-electron chi connectivity index (χ2n) is 2.94. The number of ether oxygens (including phenoxy) is 2. The normalized spacial score (nSPS) is 35.8. The van der Waals surface area contributed by atoms with Crippen molar-refractivity contribution in [3.05, 3.63) is 0 Å². The van der Waals surface area contributed by atoms with E-state index in [1.54, 1.807) is 13.8 Å². The highest BCUT2D eigenvalue weighted by molar-refractivity contribution is 6.68. The maximum atomic E-state index is 11.2. The van der Waals surface area contributed by atoms with Crippen LogP contribution in [-0.4, -0.2) is 22.2 Å². The molecule has 13 heavy (non-hydrogen) atoms. The molecule has 3 atom stereocenters. The lowest BCUT2D eigenvalue weighted by molar-refractivity contribution is -0.223. The SMILES string of the molecule is C[C@@H]1O[C@H](C(Cl)(Cl)Cl)OC(=O)[C@H]1C. The number of alkyl halides is 3. The molecule has 76 valence electrons. The minimum atomic E-state index is -1.73. The first-order chi connectivity index (χ1) is 5.82. The Hall–Kier alpha value is 0.300. The van der Waals surface area contributed by atoms with Crippen LogP contribution in [0.1, 0.15) is 13.8 Å². The molecule has 1 heterocycles. The zero-order valence-electron chi connectivity index (χ0n) is 7.09. The highest BCUT2D eigenvalue weighted by Gasteiger charge is 2.44. The van der Waals surface area contributed by atoms with Gasteiger partial charge >= 0.3 is 5.97 Å². The Labute approximate surface area is 91.2 Å². The molecule has 0 saturated carbocycles. The van der Waals surface area contributed by atoms with Crippen LogP contribution in [0.4, 0.5) is 0 Å². The molecule has 1 aliphatic heterocycles. The third kappa shape index (κ3) is 2.62. The van der Waals surface area contributed by atoms with Crippen LogP contribution in [0, 0.1) is 5.92 Å². The molecule has 0 aromatic rings. The molecule has 0 spiro atoms. The van der Waals surface area contributed by atoms with Gasteiger partial charge in [-0.15, -0.1) is 0 Å². The van der Waals surface area contributed by atoms with Gasteiger partial charge in [0.05, 0.1) is 12.0 Å². The maximum Gasteiger partial charge on any atom is 0.313 e. The van der Waals surface area contributed by atoms with Crippen LogP contribution >= 0.6 is 34.8 Å². The predicted molar refractivity (Wildman–Crippen MR) is 49.9 cm³/mol. The Bertz CT molecular complexity index is 214. The van der Waals surface area contributed by atoms with Gasteiger partial charge in [0.25, 0.3) is 10.1 Å². The predicted octanol–water partition coefficient (Wildman–Crippen LogP) is 2.28. The molecule has 0 aromatic carbocycles. The zero-order chi connectivity index (χ0) is 10.2. The van der Waals surface area contributed by atoms with Crippen LogP contribution in [0.5, 0.6) is 0 Å². The van der Waals surface area contributed by atoms with Gasteiger partial charge in [0.15, 0.2) is 0 Å². The van der Waals surface area contributed by atoms with Gasteiger partial charge in [0.2, 0.25) is 0 Å². The molecule has 0 radical (unpaired) electrons. The van der Waals surface area contributed by atoms with E-state index in [9.17, 15) is 4.79 Å². The molecular weight excluding hydrogens is 238 g/mol. The quantitative estimate of drug-likeness (QED) is 0.487. The van der Waals surface area contributed by atoms with E-state index in [4.69, 9.17) is 44.3 Å². The average Bonchev–Trinajstić information content (AvgIpc) is 1.97. The molecule has 3 nitrogen and oxygen atoms in total. The monoisotopic (exact) mass is 246 g/mol. The first-order valence-corrected chi connectivity index (χ1v) is 4.88. The number of halogens is 3. The Balaban J connectivity index is 2.69. The highest BCUT2D eigenvalue weighted by atomic mass is 35.6. The van der Waals surface area contributed by atoms with Gasteiger partial charge in [0.1, 0.15) is 0 Å². The summed E-state index contributed by atoms with van der Waals surface area (Å²) in [7, 11) is 0. The van der Waals surface area contributed by atoms with Gasteiger partial charge in [-0.1, -0.05) is 34.8 Å². The molecule has 0 aliphatic carbocycles. The van der Waals surface area contributed by atoms with Gasteiger partial charge in [-0.2, -0.15) is 0 Å². The molecule has 1 aliphatic rings. The van der Waals surface area contributed by atoms with Gasteiger partial charge in [0, 0.05) is 0 Å². The Morgan fingerprint density at radius 2 is 1.85 bits per heavy atom. The standard InChI is InChI=1S/C7H9Cl3O3/c1-3-4(2)12-6(7(8,9)10)13-5(3)11/h3-4,6H,1-2H3/t3-,4-,6-/m0/s1. The van der Waals surface area contributed by atoms with E-state index in [2.05, 4.69) is 0 Å². The highest BCUT2D eigenvalue weighted by Crippen LogP contribution is 2.36. The van der Waals surface area contributed by atoms with Crippen molar-refractivity contribution >= 4 is 40.8 Å². The number of carbonyl (C=O) groups excluding carboxylic acids is 1. The molecule has 1 rings (SSSR count). The van der Waals surface area contributed by atoms with E-state index < -0.39 is 16.1 Å². The summed E-state index contributed by atoms with van der Waals surface area (Å²) in [6.45, 7) is 3.43. The van der Waals surface area contributed by atoms with Crippen molar-refractivity contribution in [3.8, 4) is 0 Å². The van der Waals surface area contributed by atoms with Crippen molar-refractivity contribution < 1.29 is 14.3 Å². The summed E-state index contributed by atoms with van der Waals surface area (Å²) >= 11 is 16.6. The summed E-state index contributed by atoms with van der Waals surface area (Å²) in [5, 5.41) is 0. The number of hydrogen-bond acceptors (Lipinski definition) is 3. The third-order valence-corrected chi connectivity index (χ3v) is 2.44. The van der Waals surface area contributed by atoms with Crippen molar-refractivity contribution in [2.45, 2.75) is 30.0 Å².